The third-order valence-corrected chi connectivity index (χ3v) is 4.96. The summed E-state index contributed by atoms with van der Waals surface area (Å²) in [5.41, 5.74) is 0.839. The maximum atomic E-state index is 13.7. The molecule has 1 saturated heterocycles. The molecule has 0 spiro atoms. The molecule has 2 nitrogen and oxygen atoms in total. The zero-order valence-electron chi connectivity index (χ0n) is 13.2. The fourth-order valence-electron chi connectivity index (χ4n) is 3.37. The van der Waals surface area contributed by atoms with Crippen LogP contribution in [-0.4, -0.2) is 18.8 Å². The number of hydrogen-bond acceptors (Lipinski definition) is 2. The number of halogens is 2. The second-order valence-corrected chi connectivity index (χ2v) is 6.49. The summed E-state index contributed by atoms with van der Waals surface area (Å²) >= 11 is 6.33. The van der Waals surface area contributed by atoms with E-state index in [9.17, 15) is 4.39 Å². The minimum atomic E-state index is -0.245. The van der Waals surface area contributed by atoms with Crippen LogP contribution in [0, 0.1) is 17.7 Å². The molecular formula is C17H25ClFNO. The van der Waals surface area contributed by atoms with E-state index in [2.05, 4.69) is 33.0 Å². The molecule has 5 unspecified atom stereocenters. The summed E-state index contributed by atoms with van der Waals surface area (Å²) in [6.07, 6.45) is 1.36. The summed E-state index contributed by atoms with van der Waals surface area (Å²) in [4.78, 5) is 0. The van der Waals surface area contributed by atoms with Crippen molar-refractivity contribution < 1.29 is 9.13 Å². The number of hydrogen-bond donors (Lipinski definition) is 1. The molecule has 1 fully saturated rings. The molecule has 2 rings (SSSR count). The van der Waals surface area contributed by atoms with Gasteiger partial charge in [0.2, 0.25) is 0 Å². The van der Waals surface area contributed by atoms with E-state index in [-0.39, 0.29) is 30.0 Å². The van der Waals surface area contributed by atoms with Crippen LogP contribution in [0.25, 0.3) is 0 Å². The first kappa shape index (κ1) is 16.7. The summed E-state index contributed by atoms with van der Waals surface area (Å²) in [5.74, 6) is 0.435. The Morgan fingerprint density at radius 2 is 2.00 bits per heavy atom. The number of rotatable bonds is 5. The van der Waals surface area contributed by atoms with Crippen molar-refractivity contribution in [3.8, 4) is 0 Å². The Morgan fingerprint density at radius 3 is 2.57 bits per heavy atom. The van der Waals surface area contributed by atoms with E-state index in [0.717, 1.165) is 18.5 Å². The van der Waals surface area contributed by atoms with Crippen LogP contribution in [0.3, 0.4) is 0 Å². The minimum absolute atomic E-state index is 0.0168. The first-order valence-electron chi connectivity index (χ1n) is 7.79. The monoisotopic (exact) mass is 313 g/mol. The van der Waals surface area contributed by atoms with Gasteiger partial charge in [-0.25, -0.2) is 4.39 Å². The highest BCUT2D eigenvalue weighted by molar-refractivity contribution is 6.31. The molecule has 4 heteroatoms. The molecule has 0 aromatic heterocycles. The smallest absolute Gasteiger partial charge is 0.123 e. The quantitative estimate of drug-likeness (QED) is 0.859. The van der Waals surface area contributed by atoms with E-state index in [4.69, 9.17) is 16.3 Å². The fourth-order valence-corrected chi connectivity index (χ4v) is 3.61. The van der Waals surface area contributed by atoms with E-state index in [1.54, 1.807) is 12.1 Å². The standard InChI is InChI=1S/C17H25ClFNO/c1-5-8-20-17(14-9-13(19)6-7-15(14)18)16-10(2)11(3)21-12(16)4/h6-7,9-12,16-17,20H,5,8H2,1-4H3. The van der Waals surface area contributed by atoms with Crippen molar-refractivity contribution >= 4 is 11.6 Å². The first-order chi connectivity index (χ1) is 9.95. The Hall–Kier alpha value is -0.640. The number of ether oxygens (including phenoxy) is 1. The molecule has 0 bridgehead atoms. The molecule has 118 valence electrons. The second kappa shape index (κ2) is 7.08. The van der Waals surface area contributed by atoms with E-state index >= 15 is 0 Å². The minimum Gasteiger partial charge on any atom is -0.375 e. The van der Waals surface area contributed by atoms with Gasteiger partial charge in [0.25, 0.3) is 0 Å². The summed E-state index contributed by atoms with van der Waals surface area (Å²) < 4.78 is 19.6. The Bertz CT molecular complexity index is 482. The van der Waals surface area contributed by atoms with Gasteiger partial charge in [0.05, 0.1) is 12.2 Å². The topological polar surface area (TPSA) is 21.3 Å². The lowest BCUT2D eigenvalue weighted by atomic mass is 9.80. The van der Waals surface area contributed by atoms with Crippen LogP contribution in [0.5, 0.6) is 0 Å². The van der Waals surface area contributed by atoms with E-state index in [0.29, 0.717) is 10.9 Å². The molecule has 1 N–H and O–H groups in total. The molecule has 1 aliphatic heterocycles. The van der Waals surface area contributed by atoms with E-state index < -0.39 is 0 Å². The van der Waals surface area contributed by atoms with Crippen molar-refractivity contribution in [1.82, 2.24) is 5.32 Å². The molecular weight excluding hydrogens is 289 g/mol. The average Bonchev–Trinajstić information content (AvgIpc) is 2.69. The maximum Gasteiger partial charge on any atom is 0.123 e. The molecule has 0 aliphatic carbocycles. The lowest BCUT2D eigenvalue weighted by Gasteiger charge is -2.31. The average molecular weight is 314 g/mol. The highest BCUT2D eigenvalue weighted by atomic mass is 35.5. The van der Waals surface area contributed by atoms with Gasteiger partial charge in [-0.15, -0.1) is 0 Å². The summed E-state index contributed by atoms with van der Waals surface area (Å²) in [7, 11) is 0. The van der Waals surface area contributed by atoms with Gasteiger partial charge in [-0.1, -0.05) is 25.4 Å². The Morgan fingerprint density at radius 1 is 1.29 bits per heavy atom. The van der Waals surface area contributed by atoms with Gasteiger partial charge in [0.15, 0.2) is 0 Å². The van der Waals surface area contributed by atoms with Crippen molar-refractivity contribution in [3.05, 3.63) is 34.6 Å². The van der Waals surface area contributed by atoms with Gasteiger partial charge in [0, 0.05) is 17.0 Å². The van der Waals surface area contributed by atoms with Crippen molar-refractivity contribution in [1.29, 1.82) is 0 Å². The Kier molecular flexibility index (Phi) is 5.64. The molecule has 0 radical (unpaired) electrons. The lowest BCUT2D eigenvalue weighted by Crippen LogP contribution is -2.35. The van der Waals surface area contributed by atoms with Crippen LogP contribution in [0.4, 0.5) is 4.39 Å². The molecule has 1 aromatic rings. The SMILES string of the molecule is CCCNC(c1cc(F)ccc1Cl)C1C(C)OC(C)C1C. The fraction of sp³-hybridized carbons (Fsp3) is 0.647. The van der Waals surface area contributed by atoms with Crippen molar-refractivity contribution in [3.63, 3.8) is 0 Å². The molecule has 0 amide bonds. The Labute approximate surface area is 132 Å². The normalized spacial score (nSPS) is 30.6. The molecule has 1 aliphatic rings. The highest BCUT2D eigenvalue weighted by Gasteiger charge is 2.42. The van der Waals surface area contributed by atoms with E-state index in [1.807, 2.05) is 0 Å². The third kappa shape index (κ3) is 3.58. The predicted octanol–water partition coefficient (Wildman–Crippen LogP) is 4.58. The molecule has 21 heavy (non-hydrogen) atoms. The van der Waals surface area contributed by atoms with E-state index in [1.165, 1.54) is 6.07 Å². The largest absolute Gasteiger partial charge is 0.375 e. The third-order valence-electron chi connectivity index (χ3n) is 4.61. The van der Waals surface area contributed by atoms with Gasteiger partial charge in [-0.2, -0.15) is 0 Å². The summed E-state index contributed by atoms with van der Waals surface area (Å²) in [6, 6.07) is 4.62. The van der Waals surface area contributed by atoms with Crippen molar-refractivity contribution in [2.75, 3.05) is 6.54 Å². The van der Waals surface area contributed by atoms with Gasteiger partial charge >= 0.3 is 0 Å². The summed E-state index contributed by atoms with van der Waals surface area (Å²) in [5, 5.41) is 4.16. The van der Waals surface area contributed by atoms with Crippen molar-refractivity contribution in [2.24, 2.45) is 11.8 Å². The first-order valence-corrected chi connectivity index (χ1v) is 8.17. The van der Waals surface area contributed by atoms with Crippen LogP contribution < -0.4 is 5.32 Å². The van der Waals surface area contributed by atoms with Crippen molar-refractivity contribution in [2.45, 2.75) is 52.4 Å². The zero-order valence-corrected chi connectivity index (χ0v) is 14.0. The van der Waals surface area contributed by atoms with Crippen LogP contribution in [-0.2, 0) is 4.74 Å². The van der Waals surface area contributed by atoms with Crippen LogP contribution in [0.1, 0.15) is 45.7 Å². The maximum absolute atomic E-state index is 13.7. The van der Waals surface area contributed by atoms with Crippen LogP contribution in [0.2, 0.25) is 5.02 Å². The molecule has 0 saturated carbocycles. The highest BCUT2D eigenvalue weighted by Crippen LogP contribution is 2.42. The second-order valence-electron chi connectivity index (χ2n) is 6.08. The lowest BCUT2D eigenvalue weighted by molar-refractivity contribution is 0.0475. The zero-order chi connectivity index (χ0) is 15.6. The molecule has 1 aromatic carbocycles. The molecule has 1 heterocycles. The molecule has 5 atom stereocenters. The van der Waals surface area contributed by atoms with Crippen LogP contribution >= 0.6 is 11.6 Å². The van der Waals surface area contributed by atoms with Gasteiger partial charge in [0.1, 0.15) is 5.82 Å². The number of benzene rings is 1. The number of nitrogens with one attached hydrogen (secondary N) is 1. The Balaban J connectivity index is 2.36. The van der Waals surface area contributed by atoms with Gasteiger partial charge < -0.3 is 10.1 Å². The summed E-state index contributed by atoms with van der Waals surface area (Å²) in [6.45, 7) is 9.40. The van der Waals surface area contributed by atoms with Gasteiger partial charge in [-0.05, 0) is 56.5 Å². The van der Waals surface area contributed by atoms with Gasteiger partial charge in [-0.3, -0.25) is 0 Å². The predicted molar refractivity (Wildman–Crippen MR) is 85.1 cm³/mol. The van der Waals surface area contributed by atoms with Crippen LogP contribution in [0.15, 0.2) is 18.2 Å².